The second-order valence-corrected chi connectivity index (χ2v) is 7.00. The molecule has 1 aromatic carbocycles. The fraction of sp³-hybridized carbons (Fsp3) is 0.368. The Morgan fingerprint density at radius 1 is 1.25 bits per heavy atom. The first-order valence-electron chi connectivity index (χ1n) is 8.40. The van der Waals surface area contributed by atoms with Gasteiger partial charge in [0.2, 0.25) is 11.8 Å². The highest BCUT2D eigenvalue weighted by atomic mass is 32.1. The van der Waals surface area contributed by atoms with Gasteiger partial charge in [-0.25, -0.2) is 0 Å². The minimum Gasteiger partial charge on any atom is -0.349 e. The van der Waals surface area contributed by atoms with Gasteiger partial charge >= 0.3 is 0 Å². The summed E-state index contributed by atoms with van der Waals surface area (Å²) in [5.74, 6) is -0.0472. The molecule has 0 unspecified atom stereocenters. The average Bonchev–Trinajstić information content (AvgIpc) is 3.06. The number of amides is 2. The molecule has 0 aliphatic carbocycles. The van der Waals surface area contributed by atoms with E-state index in [1.165, 1.54) is 0 Å². The Hall–Kier alpha value is -2.14. The topological polar surface area (TPSA) is 49.4 Å². The number of fused-ring (bicyclic) bond motifs is 1. The maximum Gasteiger partial charge on any atom is 0.243 e. The molecule has 0 saturated heterocycles. The molecule has 0 radical (unpaired) electrons. The lowest BCUT2D eigenvalue weighted by Crippen LogP contribution is -2.49. The molecule has 126 valence electrons. The maximum absolute atomic E-state index is 12.7. The van der Waals surface area contributed by atoms with Crippen LogP contribution in [0.25, 0.3) is 0 Å². The second kappa shape index (κ2) is 7.62. The molecular weight excluding hydrogens is 320 g/mol. The van der Waals surface area contributed by atoms with E-state index in [1.54, 1.807) is 16.2 Å². The quantitative estimate of drug-likeness (QED) is 0.904. The van der Waals surface area contributed by atoms with Crippen molar-refractivity contribution in [2.24, 2.45) is 0 Å². The molecule has 0 saturated carbocycles. The fourth-order valence-electron chi connectivity index (χ4n) is 3.17. The Balaban J connectivity index is 1.82. The van der Waals surface area contributed by atoms with Gasteiger partial charge in [-0.05, 0) is 42.3 Å². The highest BCUT2D eigenvalue weighted by Crippen LogP contribution is 2.29. The molecule has 1 N–H and O–H groups in total. The number of carbonyl (C=O) groups excluding carboxylic acids is 2. The van der Waals surface area contributed by atoms with E-state index in [0.29, 0.717) is 19.4 Å². The molecular formula is C19H22N2O2S. The predicted octanol–water partition coefficient (Wildman–Crippen LogP) is 3.51. The summed E-state index contributed by atoms with van der Waals surface area (Å²) in [5.41, 5.74) is 2.03. The van der Waals surface area contributed by atoms with E-state index in [9.17, 15) is 9.59 Å². The van der Waals surface area contributed by atoms with Crippen LogP contribution in [0.2, 0.25) is 0 Å². The van der Waals surface area contributed by atoms with Crippen molar-refractivity contribution in [1.29, 1.82) is 0 Å². The van der Waals surface area contributed by atoms with Crippen molar-refractivity contribution in [1.82, 2.24) is 5.32 Å². The summed E-state index contributed by atoms with van der Waals surface area (Å²) in [4.78, 5) is 28.2. The molecule has 4 nitrogen and oxygen atoms in total. The number of nitrogens with one attached hydrogen (secondary N) is 1. The number of benzene rings is 1. The van der Waals surface area contributed by atoms with Gasteiger partial charge in [-0.3, -0.25) is 14.5 Å². The summed E-state index contributed by atoms with van der Waals surface area (Å²) >= 11 is 1.62. The van der Waals surface area contributed by atoms with Crippen LogP contribution in [0.3, 0.4) is 0 Å². The number of nitrogens with zero attached hydrogens (tertiary/aromatic N) is 1. The third kappa shape index (κ3) is 3.51. The van der Waals surface area contributed by atoms with E-state index in [-0.39, 0.29) is 11.8 Å². The fourth-order valence-corrected chi connectivity index (χ4v) is 3.82. The minimum atomic E-state index is -0.461. The van der Waals surface area contributed by atoms with Crippen molar-refractivity contribution in [2.45, 2.75) is 45.2 Å². The van der Waals surface area contributed by atoms with Crippen LogP contribution < -0.4 is 10.2 Å². The van der Waals surface area contributed by atoms with Crippen molar-refractivity contribution in [3.63, 3.8) is 0 Å². The Labute approximate surface area is 146 Å². The van der Waals surface area contributed by atoms with Crippen LogP contribution in [0, 0.1) is 0 Å². The van der Waals surface area contributed by atoms with E-state index in [0.717, 1.165) is 29.0 Å². The Kier molecular flexibility index (Phi) is 5.30. The molecule has 3 rings (SSSR count). The normalized spacial score (nSPS) is 15.5. The van der Waals surface area contributed by atoms with E-state index in [4.69, 9.17) is 0 Å². The first kappa shape index (κ1) is 16.7. The lowest BCUT2D eigenvalue weighted by Gasteiger charge is -2.30. The van der Waals surface area contributed by atoms with Gasteiger partial charge in [0.1, 0.15) is 6.04 Å². The van der Waals surface area contributed by atoms with Crippen LogP contribution >= 0.6 is 11.3 Å². The maximum atomic E-state index is 12.7. The van der Waals surface area contributed by atoms with Crippen LogP contribution in [0.1, 0.15) is 36.6 Å². The average molecular weight is 342 g/mol. The zero-order valence-corrected chi connectivity index (χ0v) is 14.6. The monoisotopic (exact) mass is 342 g/mol. The molecule has 0 fully saturated rings. The van der Waals surface area contributed by atoms with E-state index in [2.05, 4.69) is 11.4 Å². The molecule has 1 aliphatic rings. The Bertz CT molecular complexity index is 712. The van der Waals surface area contributed by atoms with Crippen LogP contribution in [-0.2, 0) is 22.6 Å². The van der Waals surface area contributed by atoms with Gasteiger partial charge in [-0.15, -0.1) is 11.3 Å². The number of carbonyl (C=O) groups is 2. The zero-order chi connectivity index (χ0) is 16.9. The largest absolute Gasteiger partial charge is 0.349 e. The molecule has 0 bridgehead atoms. The van der Waals surface area contributed by atoms with E-state index in [1.807, 2.05) is 42.6 Å². The van der Waals surface area contributed by atoms with Crippen LogP contribution in [-0.4, -0.2) is 17.9 Å². The van der Waals surface area contributed by atoms with Crippen molar-refractivity contribution in [2.75, 3.05) is 4.90 Å². The highest BCUT2D eigenvalue weighted by Gasteiger charge is 2.32. The number of anilines is 1. The van der Waals surface area contributed by atoms with Crippen molar-refractivity contribution < 1.29 is 9.59 Å². The van der Waals surface area contributed by atoms with E-state index < -0.39 is 6.04 Å². The lowest BCUT2D eigenvalue weighted by molar-refractivity contribution is -0.126. The van der Waals surface area contributed by atoms with Gasteiger partial charge in [-0.2, -0.15) is 0 Å². The molecule has 0 spiro atoms. The molecule has 1 aliphatic heterocycles. The molecule has 1 aromatic heterocycles. The number of hydrogen-bond donors (Lipinski definition) is 1. The number of hydrogen-bond acceptors (Lipinski definition) is 3. The summed E-state index contributed by atoms with van der Waals surface area (Å²) in [6.07, 6.45) is 2.80. The summed E-state index contributed by atoms with van der Waals surface area (Å²) in [7, 11) is 0. The second-order valence-electron chi connectivity index (χ2n) is 5.97. The number of rotatable bonds is 5. The number of aryl methyl sites for hydroxylation is 1. The molecule has 5 heteroatoms. The van der Waals surface area contributed by atoms with Crippen LogP contribution in [0.15, 0.2) is 41.8 Å². The summed E-state index contributed by atoms with van der Waals surface area (Å²) < 4.78 is 0. The minimum absolute atomic E-state index is 0.0399. The molecule has 2 aromatic rings. The van der Waals surface area contributed by atoms with Gasteiger partial charge in [0.25, 0.3) is 0 Å². The first-order valence-corrected chi connectivity index (χ1v) is 9.28. The Morgan fingerprint density at radius 2 is 2.08 bits per heavy atom. The third-order valence-corrected chi connectivity index (χ3v) is 5.25. The van der Waals surface area contributed by atoms with Gasteiger partial charge in [0, 0.05) is 17.0 Å². The van der Waals surface area contributed by atoms with Gasteiger partial charge in [-0.1, -0.05) is 31.2 Å². The predicted molar refractivity (Wildman–Crippen MR) is 97.1 cm³/mol. The summed E-state index contributed by atoms with van der Waals surface area (Å²) in [6, 6.07) is 11.4. The zero-order valence-electron chi connectivity index (χ0n) is 13.8. The van der Waals surface area contributed by atoms with Gasteiger partial charge < -0.3 is 5.32 Å². The molecule has 2 amide bonds. The number of thiophene rings is 1. The molecule has 1 atom stereocenters. The molecule has 2 heterocycles. The summed E-state index contributed by atoms with van der Waals surface area (Å²) in [6.45, 7) is 2.47. The Morgan fingerprint density at radius 3 is 2.83 bits per heavy atom. The third-order valence-electron chi connectivity index (χ3n) is 4.37. The van der Waals surface area contributed by atoms with Gasteiger partial charge in [0.15, 0.2) is 0 Å². The van der Waals surface area contributed by atoms with Crippen molar-refractivity contribution in [3.05, 3.63) is 52.2 Å². The highest BCUT2D eigenvalue weighted by molar-refractivity contribution is 7.09. The van der Waals surface area contributed by atoms with Crippen LogP contribution in [0.4, 0.5) is 5.69 Å². The lowest BCUT2D eigenvalue weighted by atomic mass is 10.1. The smallest absolute Gasteiger partial charge is 0.243 e. The SMILES string of the molecule is CC[C@H](C(=O)NCc1cccs1)N1C(=O)CCCc2ccccc21. The molecule has 24 heavy (non-hydrogen) atoms. The summed E-state index contributed by atoms with van der Waals surface area (Å²) in [5, 5.41) is 4.98. The van der Waals surface area contributed by atoms with Gasteiger partial charge in [0.05, 0.1) is 6.54 Å². The van der Waals surface area contributed by atoms with Crippen molar-refractivity contribution >= 4 is 28.8 Å². The number of para-hydroxylation sites is 1. The standard InChI is InChI=1S/C19H22N2O2S/c1-2-16(19(23)20-13-15-9-6-12-24-15)21-17-10-4-3-7-14(17)8-5-11-18(21)22/h3-4,6-7,9-10,12,16H,2,5,8,11,13H2,1H3,(H,20,23)/t16-/m1/s1. The van der Waals surface area contributed by atoms with E-state index >= 15 is 0 Å². The first-order chi connectivity index (χ1) is 11.7. The van der Waals surface area contributed by atoms with Crippen molar-refractivity contribution in [3.8, 4) is 0 Å². The van der Waals surface area contributed by atoms with Crippen LogP contribution in [0.5, 0.6) is 0 Å².